The molecule has 0 saturated carbocycles. The number of aryl methyl sites for hydroxylation is 2. The van der Waals surface area contributed by atoms with E-state index in [1.807, 2.05) is 80.6 Å². The van der Waals surface area contributed by atoms with Crippen LogP contribution in [0.2, 0.25) is 0 Å². The predicted molar refractivity (Wildman–Crippen MR) is 118 cm³/mol. The fourth-order valence-electron chi connectivity index (χ4n) is 3.60. The van der Waals surface area contributed by atoms with Crippen molar-refractivity contribution in [1.82, 2.24) is 4.98 Å². The lowest BCUT2D eigenvalue weighted by molar-refractivity contribution is 0.416. The quantitative estimate of drug-likeness (QED) is 0.459. The number of hydrogen-bond acceptors (Lipinski definition) is 4. The number of nitrogens with one attached hydrogen (secondary N) is 1. The highest BCUT2D eigenvalue weighted by Gasteiger charge is 2.21. The number of fused-ring (bicyclic) bond motifs is 1. The van der Waals surface area contributed by atoms with Gasteiger partial charge in [0, 0.05) is 16.6 Å². The molecule has 0 aliphatic carbocycles. The third-order valence-corrected chi connectivity index (χ3v) is 5.10. The van der Waals surface area contributed by atoms with Crippen molar-refractivity contribution in [3.8, 4) is 11.5 Å². The van der Waals surface area contributed by atoms with Crippen LogP contribution in [-0.2, 0) is 0 Å². The first-order chi connectivity index (χ1) is 14.1. The van der Waals surface area contributed by atoms with Crippen LogP contribution in [0.4, 0.5) is 5.69 Å². The van der Waals surface area contributed by atoms with E-state index >= 15 is 0 Å². The molecule has 0 bridgehead atoms. The summed E-state index contributed by atoms with van der Waals surface area (Å²) in [5, 5.41) is 15.6. The zero-order valence-corrected chi connectivity index (χ0v) is 16.8. The summed E-state index contributed by atoms with van der Waals surface area (Å²) in [6, 6.07) is 23.7. The number of aromatic nitrogens is 1. The Morgan fingerprint density at radius 3 is 2.45 bits per heavy atom. The van der Waals surface area contributed by atoms with Crippen molar-refractivity contribution >= 4 is 16.6 Å². The highest BCUT2D eigenvalue weighted by Crippen LogP contribution is 2.38. The normalized spacial score (nSPS) is 12.0. The van der Waals surface area contributed by atoms with Crippen LogP contribution >= 0.6 is 0 Å². The van der Waals surface area contributed by atoms with E-state index in [4.69, 9.17) is 4.74 Å². The molecule has 0 fully saturated rings. The Balaban J connectivity index is 1.88. The number of pyridine rings is 1. The number of nitrogens with zero attached hydrogens (tertiary/aromatic N) is 1. The Kier molecular flexibility index (Phi) is 5.09. The van der Waals surface area contributed by atoms with Crippen molar-refractivity contribution in [1.29, 1.82) is 0 Å². The minimum Gasteiger partial charge on any atom is -0.505 e. The molecule has 1 atom stereocenters. The zero-order chi connectivity index (χ0) is 20.4. The second kappa shape index (κ2) is 7.84. The molecule has 0 aliphatic heterocycles. The van der Waals surface area contributed by atoms with Gasteiger partial charge in [0.25, 0.3) is 0 Å². The Morgan fingerprint density at radius 1 is 0.931 bits per heavy atom. The third-order valence-electron chi connectivity index (χ3n) is 5.10. The van der Waals surface area contributed by atoms with Gasteiger partial charge in [-0.3, -0.25) is 0 Å². The maximum absolute atomic E-state index is 11.1. The molecule has 29 heavy (non-hydrogen) atoms. The number of phenolic OH excluding ortho intramolecular Hbond substituents is 1. The van der Waals surface area contributed by atoms with Crippen molar-refractivity contribution in [2.45, 2.75) is 19.9 Å². The monoisotopic (exact) mass is 384 g/mol. The summed E-state index contributed by atoms with van der Waals surface area (Å²) in [4.78, 5) is 4.56. The van der Waals surface area contributed by atoms with Gasteiger partial charge in [-0.15, -0.1) is 0 Å². The topological polar surface area (TPSA) is 54.4 Å². The van der Waals surface area contributed by atoms with E-state index in [1.165, 1.54) is 0 Å². The highest BCUT2D eigenvalue weighted by atomic mass is 16.5. The largest absolute Gasteiger partial charge is 0.505 e. The number of ether oxygens (including phenoxy) is 1. The molecule has 4 rings (SSSR count). The standard InChI is InChI=1S/C25H24N2O2/c1-16-9-14-22(29-3)21(15-16)27-23(18-7-5-4-6-8-18)20-13-12-19-11-10-17(2)26-24(19)25(20)28/h4-15,23,27-28H,1-3H3/t23-/m1/s1. The van der Waals surface area contributed by atoms with E-state index in [0.29, 0.717) is 5.52 Å². The summed E-state index contributed by atoms with van der Waals surface area (Å²) in [7, 11) is 1.66. The Labute approximate surface area is 170 Å². The van der Waals surface area contributed by atoms with E-state index in [2.05, 4.69) is 16.4 Å². The maximum atomic E-state index is 11.1. The number of anilines is 1. The zero-order valence-electron chi connectivity index (χ0n) is 16.8. The molecule has 0 aliphatic rings. The van der Waals surface area contributed by atoms with Gasteiger partial charge in [0.05, 0.1) is 18.8 Å². The number of hydrogen-bond donors (Lipinski definition) is 2. The Hall–Kier alpha value is -3.53. The third kappa shape index (κ3) is 3.74. The predicted octanol–water partition coefficient (Wildman–Crippen LogP) is 5.77. The van der Waals surface area contributed by atoms with Crippen molar-refractivity contribution in [3.63, 3.8) is 0 Å². The summed E-state index contributed by atoms with van der Waals surface area (Å²) in [6.45, 7) is 3.97. The van der Waals surface area contributed by atoms with Gasteiger partial charge in [0.2, 0.25) is 0 Å². The summed E-state index contributed by atoms with van der Waals surface area (Å²) in [5.74, 6) is 0.949. The molecule has 146 valence electrons. The average Bonchev–Trinajstić information content (AvgIpc) is 2.74. The number of aromatic hydroxyl groups is 1. The minimum absolute atomic E-state index is 0.194. The summed E-state index contributed by atoms with van der Waals surface area (Å²) < 4.78 is 5.55. The lowest BCUT2D eigenvalue weighted by Gasteiger charge is -2.24. The molecular weight excluding hydrogens is 360 g/mol. The van der Waals surface area contributed by atoms with Crippen LogP contribution in [0.3, 0.4) is 0 Å². The molecule has 1 heterocycles. The van der Waals surface area contributed by atoms with Crippen LogP contribution in [0.5, 0.6) is 11.5 Å². The van der Waals surface area contributed by atoms with Crippen LogP contribution in [0.15, 0.2) is 72.8 Å². The van der Waals surface area contributed by atoms with E-state index < -0.39 is 0 Å². The van der Waals surface area contributed by atoms with Gasteiger partial charge in [-0.1, -0.05) is 54.6 Å². The second-order valence-electron chi connectivity index (χ2n) is 7.22. The van der Waals surface area contributed by atoms with Gasteiger partial charge in [-0.25, -0.2) is 4.98 Å². The van der Waals surface area contributed by atoms with Crippen LogP contribution < -0.4 is 10.1 Å². The molecule has 0 unspecified atom stereocenters. The molecule has 1 aromatic heterocycles. The smallest absolute Gasteiger partial charge is 0.147 e. The number of methoxy groups -OCH3 is 1. The first kappa shape index (κ1) is 18.8. The van der Waals surface area contributed by atoms with Gasteiger partial charge >= 0.3 is 0 Å². The lowest BCUT2D eigenvalue weighted by atomic mass is 9.95. The van der Waals surface area contributed by atoms with Crippen molar-refractivity contribution in [2.75, 3.05) is 12.4 Å². The molecule has 0 spiro atoms. The molecule has 4 nitrogen and oxygen atoms in total. The molecule has 2 N–H and O–H groups in total. The van der Waals surface area contributed by atoms with E-state index in [9.17, 15) is 5.11 Å². The van der Waals surface area contributed by atoms with Gasteiger partial charge in [0.1, 0.15) is 17.0 Å². The molecular formula is C25H24N2O2. The highest BCUT2D eigenvalue weighted by molar-refractivity contribution is 5.86. The average molecular weight is 384 g/mol. The molecule has 0 saturated heterocycles. The molecule has 0 radical (unpaired) electrons. The summed E-state index contributed by atoms with van der Waals surface area (Å²) in [5.41, 5.74) is 5.29. The minimum atomic E-state index is -0.265. The number of rotatable bonds is 5. The van der Waals surface area contributed by atoms with E-state index in [1.54, 1.807) is 7.11 Å². The van der Waals surface area contributed by atoms with Gasteiger partial charge < -0.3 is 15.2 Å². The lowest BCUT2D eigenvalue weighted by Crippen LogP contribution is -2.13. The van der Waals surface area contributed by atoms with Gasteiger partial charge in [0.15, 0.2) is 0 Å². The fraction of sp³-hybridized carbons (Fsp3) is 0.160. The first-order valence-electron chi connectivity index (χ1n) is 9.62. The molecule has 4 heteroatoms. The van der Waals surface area contributed by atoms with Gasteiger partial charge in [-0.05, 0) is 43.2 Å². The van der Waals surface area contributed by atoms with E-state index in [0.717, 1.165) is 39.2 Å². The van der Waals surface area contributed by atoms with Crippen LogP contribution in [0, 0.1) is 13.8 Å². The van der Waals surface area contributed by atoms with Gasteiger partial charge in [-0.2, -0.15) is 0 Å². The number of benzene rings is 3. The van der Waals surface area contributed by atoms with Crippen LogP contribution in [0.25, 0.3) is 10.9 Å². The second-order valence-corrected chi connectivity index (χ2v) is 7.22. The molecule has 0 amide bonds. The Bertz CT molecular complexity index is 1160. The Morgan fingerprint density at radius 2 is 1.69 bits per heavy atom. The molecule has 3 aromatic carbocycles. The van der Waals surface area contributed by atoms with Crippen LogP contribution in [0.1, 0.15) is 28.4 Å². The summed E-state index contributed by atoms with van der Waals surface area (Å²) >= 11 is 0. The van der Waals surface area contributed by atoms with Crippen molar-refractivity contribution in [3.05, 3.63) is 95.2 Å². The number of phenols is 1. The van der Waals surface area contributed by atoms with Crippen molar-refractivity contribution < 1.29 is 9.84 Å². The molecule has 4 aromatic rings. The SMILES string of the molecule is COc1ccc(C)cc1N[C@H](c1ccccc1)c1ccc2ccc(C)nc2c1O. The van der Waals surface area contributed by atoms with Crippen LogP contribution in [-0.4, -0.2) is 17.2 Å². The van der Waals surface area contributed by atoms with Crippen molar-refractivity contribution in [2.24, 2.45) is 0 Å². The summed E-state index contributed by atoms with van der Waals surface area (Å²) in [6.07, 6.45) is 0. The van der Waals surface area contributed by atoms with E-state index in [-0.39, 0.29) is 11.8 Å². The first-order valence-corrected chi connectivity index (χ1v) is 9.62. The fourth-order valence-corrected chi connectivity index (χ4v) is 3.60. The maximum Gasteiger partial charge on any atom is 0.147 e.